The van der Waals surface area contributed by atoms with Crippen molar-refractivity contribution in [3.8, 4) is 0 Å². The van der Waals surface area contributed by atoms with Crippen LogP contribution in [0.5, 0.6) is 0 Å². The highest BCUT2D eigenvalue weighted by Gasteiger charge is 2.37. The predicted molar refractivity (Wildman–Crippen MR) is 78.3 cm³/mol. The Balaban J connectivity index is 2.04. The van der Waals surface area contributed by atoms with Gasteiger partial charge in [0.15, 0.2) is 0 Å². The van der Waals surface area contributed by atoms with Gasteiger partial charge in [0.1, 0.15) is 12.4 Å². The molecule has 112 valence electrons. The van der Waals surface area contributed by atoms with E-state index in [0.29, 0.717) is 0 Å². The van der Waals surface area contributed by atoms with Crippen LogP contribution in [0.1, 0.15) is 13.8 Å². The van der Waals surface area contributed by atoms with Gasteiger partial charge in [-0.3, -0.25) is 19.3 Å². The van der Waals surface area contributed by atoms with E-state index in [9.17, 15) is 18.8 Å². The van der Waals surface area contributed by atoms with E-state index >= 15 is 0 Å². The molecule has 0 aromatic heterocycles. The first-order valence-corrected chi connectivity index (χ1v) is 7.39. The topological polar surface area (TPSA) is 66.5 Å². The van der Waals surface area contributed by atoms with Gasteiger partial charge < -0.3 is 5.32 Å². The number of nitrogens with one attached hydrogen (secondary N) is 1. The van der Waals surface area contributed by atoms with Gasteiger partial charge in [0.05, 0.1) is 10.5 Å². The van der Waals surface area contributed by atoms with Gasteiger partial charge in [-0.15, -0.1) is 11.8 Å². The van der Waals surface area contributed by atoms with Gasteiger partial charge in [-0.25, -0.2) is 4.39 Å². The maximum absolute atomic E-state index is 13.0. The van der Waals surface area contributed by atoms with Crippen LogP contribution in [-0.4, -0.2) is 39.7 Å². The van der Waals surface area contributed by atoms with Crippen LogP contribution in [0.15, 0.2) is 24.3 Å². The largest absolute Gasteiger partial charge is 0.324 e. The lowest BCUT2D eigenvalue weighted by Crippen LogP contribution is -2.52. The molecule has 1 aliphatic rings. The summed E-state index contributed by atoms with van der Waals surface area (Å²) in [6, 6.07) is 5.41. The molecule has 0 bridgehead atoms. The van der Waals surface area contributed by atoms with Crippen molar-refractivity contribution in [2.75, 3.05) is 11.9 Å². The van der Waals surface area contributed by atoms with E-state index in [1.165, 1.54) is 36.0 Å². The molecule has 1 aliphatic heterocycles. The fourth-order valence-electron chi connectivity index (χ4n) is 2.04. The molecule has 3 amide bonds. The lowest BCUT2D eigenvalue weighted by atomic mass is 10.2. The van der Waals surface area contributed by atoms with E-state index in [4.69, 9.17) is 0 Å². The summed E-state index contributed by atoms with van der Waals surface area (Å²) in [5.41, 5.74) is 0.285. The van der Waals surface area contributed by atoms with Gasteiger partial charge in [0.2, 0.25) is 17.7 Å². The second-order valence-electron chi connectivity index (χ2n) is 4.74. The van der Waals surface area contributed by atoms with Crippen molar-refractivity contribution in [3.63, 3.8) is 0 Å². The number of halogens is 1. The van der Waals surface area contributed by atoms with Gasteiger partial charge in [-0.1, -0.05) is 6.07 Å². The zero-order valence-electron chi connectivity index (χ0n) is 11.6. The molecule has 1 saturated heterocycles. The minimum atomic E-state index is -0.534. The molecule has 1 fully saturated rings. The average Bonchev–Trinajstić information content (AvgIpc) is 2.41. The Labute approximate surface area is 125 Å². The number of hydrogen-bond donors (Lipinski definition) is 1. The summed E-state index contributed by atoms with van der Waals surface area (Å²) in [4.78, 5) is 36.8. The molecule has 5 nitrogen and oxygen atoms in total. The van der Waals surface area contributed by atoms with Crippen molar-refractivity contribution < 1.29 is 18.8 Å². The third-order valence-electron chi connectivity index (χ3n) is 3.05. The van der Waals surface area contributed by atoms with Crippen LogP contribution in [0.2, 0.25) is 0 Å². The number of anilines is 1. The van der Waals surface area contributed by atoms with E-state index in [0.717, 1.165) is 4.90 Å². The van der Waals surface area contributed by atoms with Crippen molar-refractivity contribution in [3.05, 3.63) is 30.1 Å². The number of thioether (sulfide) groups is 1. The number of benzene rings is 1. The number of imide groups is 1. The van der Waals surface area contributed by atoms with Crippen LogP contribution in [0, 0.1) is 5.82 Å². The van der Waals surface area contributed by atoms with Gasteiger partial charge in [-0.2, -0.15) is 0 Å². The molecule has 0 saturated carbocycles. The van der Waals surface area contributed by atoms with E-state index < -0.39 is 11.7 Å². The van der Waals surface area contributed by atoms with E-state index in [2.05, 4.69) is 5.32 Å². The molecule has 1 heterocycles. The summed E-state index contributed by atoms with van der Waals surface area (Å²) in [6.45, 7) is 3.05. The van der Waals surface area contributed by atoms with Gasteiger partial charge in [0.25, 0.3) is 0 Å². The van der Waals surface area contributed by atoms with Crippen molar-refractivity contribution in [1.82, 2.24) is 4.90 Å². The molecule has 1 N–H and O–H groups in total. The summed E-state index contributed by atoms with van der Waals surface area (Å²) >= 11 is 1.27. The van der Waals surface area contributed by atoms with Crippen LogP contribution in [0.25, 0.3) is 0 Å². The Morgan fingerprint density at radius 2 is 1.90 bits per heavy atom. The van der Waals surface area contributed by atoms with Crippen molar-refractivity contribution >= 4 is 35.2 Å². The Hall–Kier alpha value is -1.89. The molecular weight excluding hydrogens is 295 g/mol. The molecule has 0 aliphatic carbocycles. The SMILES string of the molecule is CC1SC(C)C(=O)N(CC(=O)Nc2cccc(F)c2)C1=O. The van der Waals surface area contributed by atoms with Crippen molar-refractivity contribution in [1.29, 1.82) is 0 Å². The lowest BCUT2D eigenvalue weighted by Gasteiger charge is -2.31. The second kappa shape index (κ2) is 6.26. The predicted octanol–water partition coefficient (Wildman–Crippen LogP) is 1.64. The van der Waals surface area contributed by atoms with Crippen LogP contribution >= 0.6 is 11.8 Å². The number of carbonyl (C=O) groups is 3. The summed E-state index contributed by atoms with van der Waals surface area (Å²) < 4.78 is 13.0. The molecule has 2 unspecified atom stereocenters. The molecule has 0 spiro atoms. The lowest BCUT2D eigenvalue weighted by molar-refractivity contribution is -0.147. The third kappa shape index (κ3) is 3.60. The Morgan fingerprint density at radius 3 is 2.48 bits per heavy atom. The van der Waals surface area contributed by atoms with Crippen molar-refractivity contribution in [2.24, 2.45) is 0 Å². The van der Waals surface area contributed by atoms with Gasteiger partial charge in [0, 0.05) is 5.69 Å². The maximum atomic E-state index is 13.0. The zero-order valence-corrected chi connectivity index (χ0v) is 12.4. The maximum Gasteiger partial charge on any atom is 0.244 e. The molecule has 7 heteroatoms. The molecule has 2 rings (SSSR count). The summed E-state index contributed by atoms with van der Waals surface area (Å²) in [5, 5.41) is 1.75. The number of nitrogens with zero attached hydrogens (tertiary/aromatic N) is 1. The second-order valence-corrected chi connectivity index (χ2v) is 6.43. The molecule has 2 atom stereocenters. The first-order valence-electron chi connectivity index (χ1n) is 6.44. The standard InChI is InChI=1S/C14H15FN2O3S/c1-8-13(19)17(14(20)9(2)21-8)7-12(18)16-11-5-3-4-10(15)6-11/h3-6,8-9H,7H2,1-2H3,(H,16,18). The first kappa shape index (κ1) is 15.5. The highest BCUT2D eigenvalue weighted by atomic mass is 32.2. The Morgan fingerprint density at radius 1 is 1.29 bits per heavy atom. The fraction of sp³-hybridized carbons (Fsp3) is 0.357. The highest BCUT2D eigenvalue weighted by Crippen LogP contribution is 2.26. The van der Waals surface area contributed by atoms with E-state index in [1.54, 1.807) is 13.8 Å². The van der Waals surface area contributed by atoms with Crippen LogP contribution in [0.4, 0.5) is 10.1 Å². The molecule has 1 aromatic carbocycles. The van der Waals surface area contributed by atoms with Crippen LogP contribution in [0.3, 0.4) is 0 Å². The number of amides is 3. The zero-order chi connectivity index (χ0) is 15.6. The van der Waals surface area contributed by atoms with Crippen LogP contribution in [-0.2, 0) is 14.4 Å². The quantitative estimate of drug-likeness (QED) is 0.862. The molecule has 21 heavy (non-hydrogen) atoms. The summed E-state index contributed by atoms with van der Waals surface area (Å²) in [7, 11) is 0. The number of hydrogen-bond acceptors (Lipinski definition) is 4. The molecular formula is C14H15FN2O3S. The van der Waals surface area contributed by atoms with E-state index in [1.807, 2.05) is 0 Å². The monoisotopic (exact) mass is 310 g/mol. The van der Waals surface area contributed by atoms with E-state index in [-0.39, 0.29) is 34.5 Å². The summed E-state index contributed by atoms with van der Waals surface area (Å²) in [5.74, 6) is -1.76. The average molecular weight is 310 g/mol. The number of rotatable bonds is 3. The molecule has 0 radical (unpaired) electrons. The molecule has 1 aromatic rings. The minimum absolute atomic E-state index is 0.285. The summed E-state index contributed by atoms with van der Waals surface area (Å²) in [6.07, 6.45) is 0. The normalized spacial score (nSPS) is 22.3. The highest BCUT2D eigenvalue weighted by molar-refractivity contribution is 8.02. The fourth-order valence-corrected chi connectivity index (χ4v) is 3.14. The van der Waals surface area contributed by atoms with Crippen LogP contribution < -0.4 is 5.32 Å². The Bertz CT molecular complexity index is 573. The third-order valence-corrected chi connectivity index (χ3v) is 4.27. The Kier molecular flexibility index (Phi) is 4.62. The first-order chi connectivity index (χ1) is 9.88. The van der Waals surface area contributed by atoms with Crippen molar-refractivity contribution in [2.45, 2.75) is 24.3 Å². The van der Waals surface area contributed by atoms with Gasteiger partial charge in [-0.05, 0) is 32.0 Å². The number of carbonyl (C=O) groups excluding carboxylic acids is 3. The van der Waals surface area contributed by atoms with Gasteiger partial charge >= 0.3 is 0 Å². The smallest absolute Gasteiger partial charge is 0.244 e. The minimum Gasteiger partial charge on any atom is -0.324 e.